The fraction of sp³-hybridized carbons (Fsp3) is 0.429. The number of hydrogen-bond acceptors (Lipinski definition) is 4. The van der Waals surface area contributed by atoms with Crippen molar-refractivity contribution in [3.63, 3.8) is 0 Å². The van der Waals surface area contributed by atoms with E-state index in [9.17, 15) is 14.7 Å². The lowest BCUT2D eigenvalue weighted by Crippen LogP contribution is -2.39. The van der Waals surface area contributed by atoms with Crippen LogP contribution < -0.4 is 5.32 Å². The van der Waals surface area contributed by atoms with Gasteiger partial charge in [-0.05, 0) is 17.7 Å². The first-order valence-corrected chi connectivity index (χ1v) is 7.47. The van der Waals surface area contributed by atoms with Crippen molar-refractivity contribution in [3.05, 3.63) is 35.9 Å². The van der Waals surface area contributed by atoms with E-state index < -0.39 is 18.1 Å². The van der Waals surface area contributed by atoms with Crippen molar-refractivity contribution in [3.8, 4) is 0 Å². The average molecular weight is 297 g/mol. The molecule has 2 atom stereocenters. The van der Waals surface area contributed by atoms with E-state index in [0.29, 0.717) is 17.9 Å². The molecule has 0 saturated carbocycles. The zero-order chi connectivity index (χ0) is 15.0. The first-order valence-electron chi connectivity index (χ1n) is 6.31. The summed E-state index contributed by atoms with van der Waals surface area (Å²) in [6.45, 7) is 1.29. The lowest BCUT2D eigenvalue weighted by molar-refractivity contribution is -0.141. The molecule has 0 aliphatic carbocycles. The number of carbonyl (C=O) groups excluding carboxylic acids is 1. The van der Waals surface area contributed by atoms with Crippen LogP contribution in [-0.4, -0.2) is 39.6 Å². The topological polar surface area (TPSA) is 86.6 Å². The van der Waals surface area contributed by atoms with Gasteiger partial charge in [-0.2, -0.15) is 11.8 Å². The third kappa shape index (κ3) is 6.08. The molecule has 2 unspecified atom stereocenters. The lowest BCUT2D eigenvalue weighted by Gasteiger charge is -2.14. The fourth-order valence-electron chi connectivity index (χ4n) is 1.67. The second-order valence-corrected chi connectivity index (χ2v) is 5.53. The molecule has 110 valence electrons. The SMILES string of the molecule is CC(=O)NC(CCSCC(O)c1ccccc1)C(=O)O. The van der Waals surface area contributed by atoms with Crippen LogP contribution in [0.5, 0.6) is 0 Å². The van der Waals surface area contributed by atoms with E-state index in [-0.39, 0.29) is 5.91 Å². The highest BCUT2D eigenvalue weighted by Crippen LogP contribution is 2.18. The highest BCUT2D eigenvalue weighted by Gasteiger charge is 2.18. The number of amides is 1. The van der Waals surface area contributed by atoms with Crippen LogP contribution in [0.1, 0.15) is 25.0 Å². The van der Waals surface area contributed by atoms with Crippen molar-refractivity contribution in [2.75, 3.05) is 11.5 Å². The van der Waals surface area contributed by atoms with Gasteiger partial charge in [0.25, 0.3) is 0 Å². The van der Waals surface area contributed by atoms with Gasteiger partial charge in [0, 0.05) is 12.7 Å². The van der Waals surface area contributed by atoms with Gasteiger partial charge >= 0.3 is 5.97 Å². The Bertz CT molecular complexity index is 438. The summed E-state index contributed by atoms with van der Waals surface area (Å²) in [5, 5.41) is 21.3. The molecule has 0 fully saturated rings. The minimum atomic E-state index is -1.04. The zero-order valence-electron chi connectivity index (χ0n) is 11.3. The molecule has 0 aliphatic rings. The minimum absolute atomic E-state index is 0.334. The third-order valence-corrected chi connectivity index (χ3v) is 3.76. The van der Waals surface area contributed by atoms with Crippen LogP contribution in [0.4, 0.5) is 0 Å². The van der Waals surface area contributed by atoms with E-state index in [0.717, 1.165) is 5.56 Å². The van der Waals surface area contributed by atoms with Gasteiger partial charge in [0.2, 0.25) is 5.91 Å². The van der Waals surface area contributed by atoms with Gasteiger partial charge in [0.15, 0.2) is 0 Å². The number of aliphatic carboxylic acids is 1. The maximum atomic E-state index is 10.9. The molecule has 20 heavy (non-hydrogen) atoms. The van der Waals surface area contributed by atoms with Crippen molar-refractivity contribution in [2.45, 2.75) is 25.5 Å². The van der Waals surface area contributed by atoms with Crippen molar-refractivity contribution in [1.29, 1.82) is 0 Å². The summed E-state index contributed by atoms with van der Waals surface area (Å²) >= 11 is 1.46. The summed E-state index contributed by atoms with van der Waals surface area (Å²) in [5.74, 6) is -0.339. The highest BCUT2D eigenvalue weighted by atomic mass is 32.2. The van der Waals surface area contributed by atoms with Crippen LogP contribution in [0.2, 0.25) is 0 Å². The number of thioether (sulfide) groups is 1. The van der Waals surface area contributed by atoms with Gasteiger partial charge in [0.1, 0.15) is 6.04 Å². The number of rotatable bonds is 8. The van der Waals surface area contributed by atoms with Gasteiger partial charge in [0.05, 0.1) is 6.10 Å². The summed E-state index contributed by atoms with van der Waals surface area (Å²) in [7, 11) is 0. The predicted molar refractivity (Wildman–Crippen MR) is 78.6 cm³/mol. The van der Waals surface area contributed by atoms with E-state index in [2.05, 4.69) is 5.32 Å². The monoisotopic (exact) mass is 297 g/mol. The van der Waals surface area contributed by atoms with E-state index >= 15 is 0 Å². The molecule has 0 spiro atoms. The molecule has 3 N–H and O–H groups in total. The molecular weight excluding hydrogens is 278 g/mol. The maximum absolute atomic E-state index is 10.9. The van der Waals surface area contributed by atoms with E-state index in [1.807, 2.05) is 30.3 Å². The standard InChI is InChI=1S/C14H19NO4S/c1-10(16)15-12(14(18)19)7-8-20-9-13(17)11-5-3-2-4-6-11/h2-6,12-13,17H,7-9H2,1H3,(H,15,16)(H,18,19). The molecule has 1 amide bonds. The van der Waals surface area contributed by atoms with Crippen LogP contribution in [0.3, 0.4) is 0 Å². The van der Waals surface area contributed by atoms with Crippen LogP contribution in [-0.2, 0) is 9.59 Å². The molecular formula is C14H19NO4S. The molecule has 1 aromatic rings. The molecule has 0 aliphatic heterocycles. The molecule has 0 aromatic heterocycles. The summed E-state index contributed by atoms with van der Waals surface area (Å²) in [4.78, 5) is 21.8. The summed E-state index contributed by atoms with van der Waals surface area (Å²) < 4.78 is 0. The largest absolute Gasteiger partial charge is 0.480 e. The number of carbonyl (C=O) groups is 2. The second kappa shape index (κ2) is 8.60. The normalized spacial score (nSPS) is 13.5. The number of carboxylic acid groups (broad SMARTS) is 1. The fourth-order valence-corrected chi connectivity index (χ4v) is 2.66. The van der Waals surface area contributed by atoms with Crippen LogP contribution in [0, 0.1) is 0 Å². The highest BCUT2D eigenvalue weighted by molar-refractivity contribution is 7.99. The molecule has 0 heterocycles. The first kappa shape index (κ1) is 16.5. The maximum Gasteiger partial charge on any atom is 0.326 e. The molecule has 0 bridgehead atoms. The Labute approximate surface area is 122 Å². The summed E-state index contributed by atoms with van der Waals surface area (Å²) in [5.41, 5.74) is 0.844. The van der Waals surface area contributed by atoms with Gasteiger partial charge < -0.3 is 15.5 Å². The second-order valence-electron chi connectivity index (χ2n) is 4.38. The number of nitrogens with one attached hydrogen (secondary N) is 1. The molecule has 0 saturated heterocycles. The number of aliphatic hydroxyl groups is 1. The number of aliphatic hydroxyl groups excluding tert-OH is 1. The smallest absolute Gasteiger partial charge is 0.326 e. The van der Waals surface area contributed by atoms with Crippen molar-refractivity contribution in [1.82, 2.24) is 5.32 Å². The van der Waals surface area contributed by atoms with Gasteiger partial charge in [-0.1, -0.05) is 30.3 Å². The van der Waals surface area contributed by atoms with Crippen LogP contribution in [0.25, 0.3) is 0 Å². The summed E-state index contributed by atoms with van der Waals surface area (Å²) in [6.07, 6.45) is -0.230. The quantitative estimate of drug-likeness (QED) is 0.632. The Balaban J connectivity index is 2.30. The first-order chi connectivity index (χ1) is 9.50. The Morgan fingerprint density at radius 3 is 2.50 bits per heavy atom. The number of hydrogen-bond donors (Lipinski definition) is 3. The van der Waals surface area contributed by atoms with E-state index in [4.69, 9.17) is 5.11 Å². The molecule has 6 heteroatoms. The zero-order valence-corrected chi connectivity index (χ0v) is 12.1. The Morgan fingerprint density at radius 2 is 1.95 bits per heavy atom. The summed E-state index contributed by atoms with van der Waals surface area (Å²) in [6, 6.07) is 8.44. The Hall–Kier alpha value is -1.53. The minimum Gasteiger partial charge on any atom is -0.480 e. The Kier molecular flexibility index (Phi) is 7.11. The van der Waals surface area contributed by atoms with Crippen LogP contribution >= 0.6 is 11.8 Å². The van der Waals surface area contributed by atoms with Crippen LogP contribution in [0.15, 0.2) is 30.3 Å². The van der Waals surface area contributed by atoms with Crippen molar-refractivity contribution in [2.24, 2.45) is 0 Å². The van der Waals surface area contributed by atoms with E-state index in [1.54, 1.807) is 0 Å². The number of carboxylic acids is 1. The molecule has 0 radical (unpaired) electrons. The molecule has 1 aromatic carbocycles. The van der Waals surface area contributed by atoms with Gasteiger partial charge in [-0.3, -0.25) is 4.79 Å². The Morgan fingerprint density at radius 1 is 1.30 bits per heavy atom. The van der Waals surface area contributed by atoms with Gasteiger partial charge in [-0.15, -0.1) is 0 Å². The average Bonchev–Trinajstić information content (AvgIpc) is 2.42. The van der Waals surface area contributed by atoms with Crippen molar-refractivity contribution < 1.29 is 19.8 Å². The molecule has 5 nitrogen and oxygen atoms in total. The number of benzene rings is 1. The van der Waals surface area contributed by atoms with Crippen molar-refractivity contribution >= 4 is 23.6 Å². The molecule has 1 rings (SSSR count). The third-order valence-electron chi connectivity index (χ3n) is 2.69. The van der Waals surface area contributed by atoms with E-state index in [1.165, 1.54) is 18.7 Å². The predicted octanol–water partition coefficient (Wildman–Crippen LogP) is 1.43. The lowest BCUT2D eigenvalue weighted by atomic mass is 10.1. The van der Waals surface area contributed by atoms with Gasteiger partial charge in [-0.25, -0.2) is 4.79 Å².